The predicted molar refractivity (Wildman–Crippen MR) is 81.9 cm³/mol. The summed E-state index contributed by atoms with van der Waals surface area (Å²) in [5, 5.41) is 13.6. The molecule has 7 heteroatoms. The van der Waals surface area contributed by atoms with Gasteiger partial charge >= 0.3 is 0 Å². The molecule has 0 amide bonds. The van der Waals surface area contributed by atoms with E-state index in [0.29, 0.717) is 5.75 Å². The fourth-order valence-corrected chi connectivity index (χ4v) is 2.84. The summed E-state index contributed by atoms with van der Waals surface area (Å²) in [6.45, 7) is 3.85. The number of thioether (sulfide) groups is 1. The maximum atomic E-state index is 6.18. The van der Waals surface area contributed by atoms with Crippen LogP contribution in [-0.4, -0.2) is 19.9 Å². The highest BCUT2D eigenvalue weighted by Crippen LogP contribution is 2.25. The van der Waals surface area contributed by atoms with Crippen LogP contribution in [0.1, 0.15) is 17.0 Å². The smallest absolute Gasteiger partial charge is 0.195 e. The summed E-state index contributed by atoms with van der Waals surface area (Å²) in [5.41, 5.74) is 2.86. The zero-order chi connectivity index (χ0) is 14.8. The highest BCUT2D eigenvalue weighted by Gasteiger charge is 2.10. The molecule has 0 spiro atoms. The van der Waals surface area contributed by atoms with Crippen LogP contribution in [0, 0.1) is 13.8 Å². The number of hydrogen-bond acceptors (Lipinski definition) is 5. The van der Waals surface area contributed by atoms with E-state index in [9.17, 15) is 0 Å². The summed E-state index contributed by atoms with van der Waals surface area (Å²) in [5.74, 6) is 1.48. The third kappa shape index (κ3) is 3.11. The van der Waals surface area contributed by atoms with Gasteiger partial charge in [-0.2, -0.15) is 0 Å². The number of hydrogen-bond donors (Lipinski definition) is 0. The summed E-state index contributed by atoms with van der Waals surface area (Å²) in [6.07, 6.45) is 1.68. The van der Waals surface area contributed by atoms with Crippen molar-refractivity contribution in [1.29, 1.82) is 0 Å². The molecule has 0 aliphatic rings. The number of halogens is 1. The third-order valence-electron chi connectivity index (χ3n) is 2.98. The SMILES string of the molecule is Cc1cc(CSc2nncn2-c2ccc(C)c(Cl)c2)no1. The predicted octanol–water partition coefficient (Wildman–Crippen LogP) is 3.82. The van der Waals surface area contributed by atoms with Crippen molar-refractivity contribution in [2.45, 2.75) is 24.8 Å². The molecule has 0 aliphatic carbocycles. The van der Waals surface area contributed by atoms with Crippen molar-refractivity contribution < 1.29 is 4.52 Å². The maximum Gasteiger partial charge on any atom is 0.195 e. The monoisotopic (exact) mass is 320 g/mol. The van der Waals surface area contributed by atoms with Crippen molar-refractivity contribution in [2.24, 2.45) is 0 Å². The fraction of sp³-hybridized carbons (Fsp3) is 0.214. The lowest BCUT2D eigenvalue weighted by atomic mass is 10.2. The van der Waals surface area contributed by atoms with Crippen molar-refractivity contribution in [3.63, 3.8) is 0 Å². The topological polar surface area (TPSA) is 56.7 Å². The van der Waals surface area contributed by atoms with Crippen LogP contribution in [0.5, 0.6) is 0 Å². The quantitative estimate of drug-likeness (QED) is 0.684. The van der Waals surface area contributed by atoms with Gasteiger partial charge in [0.2, 0.25) is 0 Å². The van der Waals surface area contributed by atoms with Crippen LogP contribution < -0.4 is 0 Å². The zero-order valence-corrected chi connectivity index (χ0v) is 13.1. The molecule has 1 aromatic carbocycles. The van der Waals surface area contributed by atoms with Crippen LogP contribution in [0.3, 0.4) is 0 Å². The molecule has 2 heterocycles. The van der Waals surface area contributed by atoms with Crippen LogP contribution in [0.15, 0.2) is 40.3 Å². The molecule has 3 rings (SSSR count). The van der Waals surface area contributed by atoms with E-state index in [-0.39, 0.29) is 0 Å². The van der Waals surface area contributed by atoms with E-state index >= 15 is 0 Å². The first-order valence-corrected chi connectivity index (χ1v) is 7.71. The molecule has 0 radical (unpaired) electrons. The molecule has 3 aromatic rings. The number of nitrogens with zero attached hydrogens (tertiary/aromatic N) is 4. The van der Waals surface area contributed by atoms with Gasteiger partial charge in [0.1, 0.15) is 12.1 Å². The van der Waals surface area contributed by atoms with Crippen LogP contribution in [0.2, 0.25) is 5.02 Å². The minimum Gasteiger partial charge on any atom is -0.361 e. The average Bonchev–Trinajstić information content (AvgIpc) is 3.08. The molecule has 0 saturated carbocycles. The second-order valence-electron chi connectivity index (χ2n) is 4.63. The number of benzene rings is 1. The van der Waals surface area contributed by atoms with Crippen LogP contribution in [-0.2, 0) is 5.75 Å². The molecule has 0 fully saturated rings. The summed E-state index contributed by atoms with van der Waals surface area (Å²) in [4.78, 5) is 0. The molecule has 0 atom stereocenters. The molecule has 0 bridgehead atoms. The van der Waals surface area contributed by atoms with Crippen molar-refractivity contribution >= 4 is 23.4 Å². The Hall–Kier alpha value is -1.79. The molecular weight excluding hydrogens is 308 g/mol. The third-order valence-corrected chi connectivity index (χ3v) is 4.36. The van der Waals surface area contributed by atoms with Crippen molar-refractivity contribution in [3.8, 4) is 5.69 Å². The Kier molecular flexibility index (Phi) is 3.98. The first kappa shape index (κ1) is 14.2. The van der Waals surface area contributed by atoms with E-state index < -0.39 is 0 Å². The normalized spacial score (nSPS) is 11.0. The van der Waals surface area contributed by atoms with E-state index in [4.69, 9.17) is 16.1 Å². The number of aromatic nitrogens is 4. The lowest BCUT2D eigenvalue weighted by molar-refractivity contribution is 0.393. The van der Waals surface area contributed by atoms with Gasteiger partial charge in [0.05, 0.1) is 11.4 Å². The van der Waals surface area contributed by atoms with Crippen molar-refractivity contribution in [1.82, 2.24) is 19.9 Å². The summed E-state index contributed by atoms with van der Waals surface area (Å²) >= 11 is 7.72. The van der Waals surface area contributed by atoms with Gasteiger partial charge < -0.3 is 4.52 Å². The molecule has 2 aromatic heterocycles. The molecule has 108 valence electrons. The van der Waals surface area contributed by atoms with Gasteiger partial charge in [-0.15, -0.1) is 10.2 Å². The van der Waals surface area contributed by atoms with Crippen LogP contribution in [0.25, 0.3) is 5.69 Å². The summed E-state index contributed by atoms with van der Waals surface area (Å²) in [7, 11) is 0. The highest BCUT2D eigenvalue weighted by molar-refractivity contribution is 7.98. The maximum absolute atomic E-state index is 6.18. The lowest BCUT2D eigenvalue weighted by Gasteiger charge is -2.07. The fourth-order valence-electron chi connectivity index (χ4n) is 1.86. The van der Waals surface area contributed by atoms with Gasteiger partial charge in [-0.05, 0) is 31.5 Å². The summed E-state index contributed by atoms with van der Waals surface area (Å²) in [6, 6.07) is 7.79. The minimum atomic E-state index is 0.676. The summed E-state index contributed by atoms with van der Waals surface area (Å²) < 4.78 is 6.96. The second kappa shape index (κ2) is 5.91. The highest BCUT2D eigenvalue weighted by atomic mass is 35.5. The van der Waals surface area contributed by atoms with Gasteiger partial charge in [-0.1, -0.05) is 34.6 Å². The second-order valence-corrected chi connectivity index (χ2v) is 5.98. The molecule has 21 heavy (non-hydrogen) atoms. The molecule has 0 N–H and O–H groups in total. The van der Waals surface area contributed by atoms with Crippen LogP contribution in [0.4, 0.5) is 0 Å². The Morgan fingerprint density at radius 1 is 1.29 bits per heavy atom. The van der Waals surface area contributed by atoms with Gasteiger partial charge in [0.15, 0.2) is 5.16 Å². The van der Waals surface area contributed by atoms with E-state index in [0.717, 1.165) is 32.9 Å². The molecule has 0 unspecified atom stereocenters. The Bertz CT molecular complexity index is 768. The Balaban J connectivity index is 1.81. The minimum absolute atomic E-state index is 0.676. The first-order valence-electron chi connectivity index (χ1n) is 6.35. The number of rotatable bonds is 4. The van der Waals surface area contributed by atoms with Gasteiger partial charge in [-0.3, -0.25) is 4.57 Å². The standard InChI is InChI=1S/C14H13ClN4OS/c1-9-3-4-12(6-13(9)15)19-8-16-17-14(19)21-7-11-5-10(2)20-18-11/h3-6,8H,7H2,1-2H3. The molecule has 0 aliphatic heterocycles. The Morgan fingerprint density at radius 3 is 2.86 bits per heavy atom. The van der Waals surface area contributed by atoms with E-state index in [1.807, 2.05) is 42.7 Å². The number of aryl methyl sites for hydroxylation is 2. The van der Waals surface area contributed by atoms with Gasteiger partial charge in [0.25, 0.3) is 0 Å². The lowest BCUT2D eigenvalue weighted by Crippen LogP contribution is -1.96. The molecule has 5 nitrogen and oxygen atoms in total. The van der Waals surface area contributed by atoms with Crippen LogP contribution >= 0.6 is 23.4 Å². The van der Waals surface area contributed by atoms with E-state index in [1.165, 1.54) is 0 Å². The van der Waals surface area contributed by atoms with Gasteiger partial charge in [-0.25, -0.2) is 0 Å². The Labute approximate surface area is 131 Å². The molecule has 0 saturated heterocycles. The zero-order valence-electron chi connectivity index (χ0n) is 11.6. The van der Waals surface area contributed by atoms with Crippen molar-refractivity contribution in [3.05, 3.63) is 52.6 Å². The van der Waals surface area contributed by atoms with E-state index in [1.54, 1.807) is 18.1 Å². The van der Waals surface area contributed by atoms with E-state index in [2.05, 4.69) is 15.4 Å². The van der Waals surface area contributed by atoms with Crippen molar-refractivity contribution in [2.75, 3.05) is 0 Å². The largest absolute Gasteiger partial charge is 0.361 e. The first-order chi connectivity index (χ1) is 10.1. The average molecular weight is 321 g/mol. The van der Waals surface area contributed by atoms with Gasteiger partial charge in [0, 0.05) is 16.8 Å². The Morgan fingerprint density at radius 2 is 2.14 bits per heavy atom. The molecular formula is C14H13ClN4OS.